The Morgan fingerprint density at radius 2 is 1.69 bits per heavy atom. The van der Waals surface area contributed by atoms with Gasteiger partial charge in [-0.3, -0.25) is 9.69 Å². The van der Waals surface area contributed by atoms with E-state index in [-0.39, 0.29) is 11.9 Å². The first kappa shape index (κ1) is 20.6. The van der Waals surface area contributed by atoms with Crippen LogP contribution < -0.4 is 0 Å². The van der Waals surface area contributed by atoms with Crippen molar-refractivity contribution in [3.8, 4) is 12.3 Å². The van der Waals surface area contributed by atoms with Crippen molar-refractivity contribution in [2.75, 3.05) is 20.1 Å². The number of rotatable bonds is 6. The maximum absolute atomic E-state index is 13.6. The summed E-state index contributed by atoms with van der Waals surface area (Å²) in [5, 5.41) is 9.86. The highest BCUT2D eigenvalue weighted by Crippen LogP contribution is 2.31. The lowest BCUT2D eigenvalue weighted by atomic mass is 9.87. The summed E-state index contributed by atoms with van der Waals surface area (Å²) in [6, 6.07) is 18.2. The Labute approximate surface area is 171 Å². The fourth-order valence-electron chi connectivity index (χ4n) is 4.05. The molecule has 1 heterocycles. The van der Waals surface area contributed by atoms with Gasteiger partial charge >= 0.3 is 5.97 Å². The summed E-state index contributed by atoms with van der Waals surface area (Å²) < 4.78 is 0. The van der Waals surface area contributed by atoms with Gasteiger partial charge in [0, 0.05) is 12.6 Å². The average Bonchev–Trinajstić information content (AvgIpc) is 2.75. The molecule has 0 aromatic heterocycles. The number of carboxylic acid groups (broad SMARTS) is 1. The van der Waals surface area contributed by atoms with E-state index < -0.39 is 17.9 Å². The maximum Gasteiger partial charge on any atom is 0.326 e. The predicted octanol–water partition coefficient (Wildman–Crippen LogP) is 2.83. The maximum atomic E-state index is 13.6. The molecule has 2 aromatic carbocycles. The number of benzene rings is 2. The number of carbonyl (C=O) groups excluding carboxylic acids is 1. The summed E-state index contributed by atoms with van der Waals surface area (Å²) >= 11 is 0. The quantitative estimate of drug-likeness (QED) is 0.771. The zero-order valence-electron chi connectivity index (χ0n) is 16.6. The molecule has 3 rings (SSSR count). The first-order chi connectivity index (χ1) is 14.0. The van der Waals surface area contributed by atoms with Gasteiger partial charge in [-0.2, -0.15) is 0 Å². The highest BCUT2D eigenvalue weighted by atomic mass is 16.4. The summed E-state index contributed by atoms with van der Waals surface area (Å²) in [5.41, 5.74) is 1.72. The lowest BCUT2D eigenvalue weighted by Crippen LogP contribution is -2.55. The van der Waals surface area contributed by atoms with Gasteiger partial charge in [-0.1, -0.05) is 66.6 Å². The van der Waals surface area contributed by atoms with Gasteiger partial charge in [0.2, 0.25) is 5.91 Å². The SMILES string of the molecule is C#CCN(C)[C@@H]1CCN(C(=O)C(c2ccccc2)c2ccccc2)[C@H](C(=O)O)C1. The third-order valence-corrected chi connectivity index (χ3v) is 5.62. The van der Waals surface area contributed by atoms with Crippen LogP contribution >= 0.6 is 0 Å². The number of carbonyl (C=O) groups is 2. The third-order valence-electron chi connectivity index (χ3n) is 5.62. The Morgan fingerprint density at radius 3 is 2.17 bits per heavy atom. The second-order valence-corrected chi connectivity index (χ2v) is 7.44. The van der Waals surface area contributed by atoms with Crippen molar-refractivity contribution >= 4 is 11.9 Å². The van der Waals surface area contributed by atoms with Gasteiger partial charge in [-0.05, 0) is 31.0 Å². The number of nitrogens with zero attached hydrogens (tertiary/aromatic N) is 2. The Hall–Kier alpha value is -3.10. The second kappa shape index (κ2) is 9.40. The molecule has 5 heteroatoms. The minimum Gasteiger partial charge on any atom is -0.480 e. The standard InChI is InChI=1S/C24H26N2O3/c1-3-15-25(2)20-14-16-26(21(17-20)24(28)29)23(27)22(18-10-6-4-7-11-18)19-12-8-5-9-13-19/h1,4-13,20-22H,14-17H2,2H3,(H,28,29)/t20-,21+/m1/s1. The highest BCUT2D eigenvalue weighted by Gasteiger charge is 2.40. The van der Waals surface area contributed by atoms with Crippen LogP contribution in [0.5, 0.6) is 0 Å². The zero-order chi connectivity index (χ0) is 20.8. The van der Waals surface area contributed by atoms with Gasteiger partial charge in [-0.15, -0.1) is 6.42 Å². The number of aliphatic carboxylic acids is 1. The van der Waals surface area contributed by atoms with E-state index in [2.05, 4.69) is 5.92 Å². The first-order valence-electron chi connectivity index (χ1n) is 9.79. The Balaban J connectivity index is 1.91. The molecule has 2 aromatic rings. The lowest BCUT2D eigenvalue weighted by Gasteiger charge is -2.41. The van der Waals surface area contributed by atoms with Gasteiger partial charge in [0.25, 0.3) is 0 Å². The molecular formula is C24H26N2O3. The van der Waals surface area contributed by atoms with Crippen molar-refractivity contribution in [1.29, 1.82) is 0 Å². The Morgan fingerprint density at radius 1 is 1.14 bits per heavy atom. The molecule has 1 saturated heterocycles. The number of terminal acetylenes is 1. The molecular weight excluding hydrogens is 364 g/mol. The molecule has 1 fully saturated rings. The average molecular weight is 390 g/mol. The second-order valence-electron chi connectivity index (χ2n) is 7.44. The molecule has 0 unspecified atom stereocenters. The van der Waals surface area contributed by atoms with Crippen LogP contribution in [0, 0.1) is 12.3 Å². The van der Waals surface area contributed by atoms with Crippen molar-refractivity contribution in [1.82, 2.24) is 9.80 Å². The van der Waals surface area contributed by atoms with Gasteiger partial charge in [-0.25, -0.2) is 4.79 Å². The molecule has 1 N–H and O–H groups in total. The largest absolute Gasteiger partial charge is 0.480 e. The van der Waals surface area contributed by atoms with E-state index in [1.807, 2.05) is 72.6 Å². The molecule has 1 aliphatic rings. The summed E-state index contributed by atoms with van der Waals surface area (Å²) in [4.78, 5) is 29.2. The molecule has 0 saturated carbocycles. The smallest absolute Gasteiger partial charge is 0.326 e. The number of piperidine rings is 1. The molecule has 0 aliphatic carbocycles. The van der Waals surface area contributed by atoms with Crippen LogP contribution in [0.4, 0.5) is 0 Å². The van der Waals surface area contributed by atoms with E-state index in [9.17, 15) is 14.7 Å². The number of likely N-dealkylation sites (tertiary alicyclic amines) is 1. The Bertz CT molecular complexity index is 837. The minimum absolute atomic E-state index is 0.0445. The van der Waals surface area contributed by atoms with E-state index in [1.54, 1.807) is 0 Å². The van der Waals surface area contributed by atoms with E-state index in [0.717, 1.165) is 11.1 Å². The minimum atomic E-state index is -0.975. The van der Waals surface area contributed by atoms with Crippen LogP contribution in [0.2, 0.25) is 0 Å². The summed E-state index contributed by atoms with van der Waals surface area (Å²) in [6.45, 7) is 0.854. The van der Waals surface area contributed by atoms with Crippen molar-refractivity contribution in [2.45, 2.75) is 30.8 Å². The monoisotopic (exact) mass is 390 g/mol. The van der Waals surface area contributed by atoms with Crippen LogP contribution in [0.1, 0.15) is 29.9 Å². The van der Waals surface area contributed by atoms with Crippen molar-refractivity contribution in [3.05, 3.63) is 71.8 Å². The van der Waals surface area contributed by atoms with E-state index >= 15 is 0 Å². The zero-order valence-corrected chi connectivity index (χ0v) is 16.6. The fourth-order valence-corrected chi connectivity index (χ4v) is 4.05. The van der Waals surface area contributed by atoms with E-state index in [4.69, 9.17) is 6.42 Å². The summed E-state index contributed by atoms with van der Waals surface area (Å²) in [5.74, 6) is 0.925. The predicted molar refractivity (Wildman–Crippen MR) is 112 cm³/mol. The topological polar surface area (TPSA) is 60.9 Å². The number of hydrogen-bond acceptors (Lipinski definition) is 3. The van der Waals surface area contributed by atoms with E-state index in [0.29, 0.717) is 25.9 Å². The van der Waals surface area contributed by atoms with Crippen molar-refractivity contribution < 1.29 is 14.7 Å². The van der Waals surface area contributed by atoms with Crippen LogP contribution in [-0.2, 0) is 9.59 Å². The van der Waals surface area contributed by atoms with Gasteiger partial charge in [0.15, 0.2) is 0 Å². The summed E-state index contributed by atoms with van der Waals surface area (Å²) in [7, 11) is 1.90. The van der Waals surface area contributed by atoms with Crippen LogP contribution in [0.3, 0.4) is 0 Å². The highest BCUT2D eigenvalue weighted by molar-refractivity contribution is 5.91. The molecule has 0 radical (unpaired) electrons. The third kappa shape index (κ3) is 4.67. The van der Waals surface area contributed by atoms with Crippen LogP contribution in [0.25, 0.3) is 0 Å². The van der Waals surface area contributed by atoms with Gasteiger partial charge < -0.3 is 10.0 Å². The fraction of sp³-hybridized carbons (Fsp3) is 0.333. The van der Waals surface area contributed by atoms with Gasteiger partial charge in [0.05, 0.1) is 12.5 Å². The molecule has 0 spiro atoms. The molecule has 2 atom stereocenters. The molecule has 5 nitrogen and oxygen atoms in total. The van der Waals surface area contributed by atoms with Crippen molar-refractivity contribution in [3.63, 3.8) is 0 Å². The van der Waals surface area contributed by atoms with Crippen molar-refractivity contribution in [2.24, 2.45) is 0 Å². The molecule has 1 amide bonds. The summed E-state index contributed by atoms with van der Waals surface area (Å²) in [6.07, 6.45) is 6.47. The first-order valence-corrected chi connectivity index (χ1v) is 9.79. The number of hydrogen-bond donors (Lipinski definition) is 1. The Kier molecular flexibility index (Phi) is 6.69. The number of carboxylic acids is 1. The van der Waals surface area contributed by atoms with Crippen LogP contribution in [-0.4, -0.2) is 59.0 Å². The van der Waals surface area contributed by atoms with Crippen LogP contribution in [0.15, 0.2) is 60.7 Å². The molecule has 0 bridgehead atoms. The van der Waals surface area contributed by atoms with E-state index in [1.165, 1.54) is 4.90 Å². The van der Waals surface area contributed by atoms with Gasteiger partial charge in [0.1, 0.15) is 6.04 Å². The molecule has 1 aliphatic heterocycles. The normalized spacial score (nSPS) is 19.2. The molecule has 29 heavy (non-hydrogen) atoms. The lowest BCUT2D eigenvalue weighted by molar-refractivity contribution is -0.153. The molecule has 150 valence electrons. The number of amides is 1.